The molecule has 0 radical (unpaired) electrons. The van der Waals surface area contributed by atoms with Crippen LogP contribution in [-0.2, 0) is 31.6 Å². The number of phosphoric ester groups is 1. The fraction of sp³-hybridized carbons (Fsp3) is 1.00. The molecular formula is C10H23O13P3. The van der Waals surface area contributed by atoms with Crippen molar-refractivity contribution >= 4 is 23.5 Å². The molecule has 0 amide bonds. The van der Waals surface area contributed by atoms with Crippen LogP contribution >= 0.6 is 23.5 Å². The summed E-state index contributed by atoms with van der Waals surface area (Å²) < 4.78 is 50.9. The molecule has 1 saturated heterocycles. The van der Waals surface area contributed by atoms with Gasteiger partial charge in [0.1, 0.15) is 16.8 Å². The van der Waals surface area contributed by atoms with Gasteiger partial charge in [-0.2, -0.15) is 8.62 Å². The van der Waals surface area contributed by atoms with Crippen molar-refractivity contribution in [3.8, 4) is 0 Å². The highest BCUT2D eigenvalue weighted by Gasteiger charge is 2.70. The van der Waals surface area contributed by atoms with E-state index in [2.05, 4.69) is 13.1 Å². The van der Waals surface area contributed by atoms with Crippen LogP contribution in [0.2, 0.25) is 0 Å². The monoisotopic (exact) mass is 444 g/mol. The molecule has 0 saturated carbocycles. The summed E-state index contributed by atoms with van der Waals surface area (Å²) in [5.74, 6) is 0. The zero-order valence-corrected chi connectivity index (χ0v) is 17.3. The Kier molecular flexibility index (Phi) is 6.24. The topological polar surface area (TPSA) is 210 Å². The molecule has 13 nitrogen and oxygen atoms in total. The Balaban J connectivity index is 2.96. The molecule has 0 aromatic rings. The minimum atomic E-state index is -5.66. The molecule has 1 aliphatic heterocycles. The van der Waals surface area contributed by atoms with Crippen molar-refractivity contribution in [1.29, 1.82) is 0 Å². The Morgan fingerprint density at radius 2 is 1.27 bits per heavy atom. The largest absolute Gasteiger partial charge is 0.490 e. The van der Waals surface area contributed by atoms with Gasteiger partial charge in [-0.25, -0.2) is 13.7 Å². The predicted molar refractivity (Wildman–Crippen MR) is 84.6 cm³/mol. The van der Waals surface area contributed by atoms with Crippen molar-refractivity contribution in [3.63, 3.8) is 0 Å². The van der Waals surface area contributed by atoms with Crippen LogP contribution in [0.1, 0.15) is 34.6 Å². The Bertz CT molecular complexity index is 694. The van der Waals surface area contributed by atoms with E-state index in [-0.39, 0.29) is 0 Å². The van der Waals surface area contributed by atoms with Crippen LogP contribution in [0.5, 0.6) is 0 Å². The first kappa shape index (κ1) is 24.3. The highest BCUT2D eigenvalue weighted by atomic mass is 31.3. The molecule has 1 rings (SSSR count). The van der Waals surface area contributed by atoms with Crippen molar-refractivity contribution in [2.24, 2.45) is 0 Å². The summed E-state index contributed by atoms with van der Waals surface area (Å²) in [5.41, 5.74) is -6.92. The summed E-state index contributed by atoms with van der Waals surface area (Å²) >= 11 is 0. The fourth-order valence-corrected chi connectivity index (χ4v) is 5.65. The van der Waals surface area contributed by atoms with Gasteiger partial charge in [0.15, 0.2) is 0 Å². The van der Waals surface area contributed by atoms with Crippen molar-refractivity contribution < 1.29 is 61.4 Å². The Labute approximate surface area is 149 Å². The Morgan fingerprint density at radius 1 is 0.808 bits per heavy atom. The van der Waals surface area contributed by atoms with Crippen molar-refractivity contribution in [1.82, 2.24) is 0 Å². The molecule has 0 aromatic carbocycles. The van der Waals surface area contributed by atoms with Gasteiger partial charge in [-0.05, 0) is 34.6 Å². The third kappa shape index (κ3) is 4.82. The van der Waals surface area contributed by atoms with E-state index < -0.39 is 52.5 Å². The first-order valence-electron chi connectivity index (χ1n) is 7.01. The van der Waals surface area contributed by atoms with E-state index in [1.165, 1.54) is 34.6 Å². The smallest absolute Gasteiger partial charge is 0.384 e. The average Bonchev–Trinajstić information content (AvgIpc) is 2.39. The van der Waals surface area contributed by atoms with Crippen molar-refractivity contribution in [3.05, 3.63) is 0 Å². The van der Waals surface area contributed by atoms with E-state index in [4.69, 9.17) is 19.4 Å². The third-order valence-corrected chi connectivity index (χ3v) is 8.33. The lowest BCUT2D eigenvalue weighted by Gasteiger charge is -2.41. The maximum Gasteiger partial charge on any atom is 0.490 e. The van der Waals surface area contributed by atoms with Crippen LogP contribution in [0.15, 0.2) is 0 Å². The molecule has 1 fully saturated rings. The van der Waals surface area contributed by atoms with Crippen LogP contribution in [0.3, 0.4) is 0 Å². The van der Waals surface area contributed by atoms with E-state index in [1.807, 2.05) is 0 Å². The maximum atomic E-state index is 11.8. The molecule has 0 bridgehead atoms. The van der Waals surface area contributed by atoms with E-state index in [9.17, 15) is 28.8 Å². The number of hydrogen-bond acceptors (Lipinski definition) is 9. The minimum Gasteiger partial charge on any atom is -0.384 e. The van der Waals surface area contributed by atoms with Gasteiger partial charge in [0.2, 0.25) is 0 Å². The summed E-state index contributed by atoms with van der Waals surface area (Å²) in [5, 5.41) is 21.2. The van der Waals surface area contributed by atoms with Crippen LogP contribution in [-0.4, -0.2) is 58.8 Å². The normalized spacial score (nSPS) is 39.3. The predicted octanol–water partition coefficient (Wildman–Crippen LogP) is 0.399. The van der Waals surface area contributed by atoms with Gasteiger partial charge < -0.3 is 34.5 Å². The van der Waals surface area contributed by atoms with Crippen LogP contribution in [0.25, 0.3) is 0 Å². The SMILES string of the molecule is CC1(C)O[C@](C)(COP(=O)(O)OP(=O)(O)OP(=O)(O)O)[C@](C)(O)C1(C)O. The van der Waals surface area contributed by atoms with Gasteiger partial charge >= 0.3 is 23.5 Å². The third-order valence-electron chi connectivity index (χ3n) is 4.55. The van der Waals surface area contributed by atoms with Gasteiger partial charge in [0, 0.05) is 0 Å². The zero-order valence-electron chi connectivity index (χ0n) is 14.6. The Morgan fingerprint density at radius 3 is 1.62 bits per heavy atom. The fourth-order valence-electron chi connectivity index (χ4n) is 2.54. The summed E-state index contributed by atoms with van der Waals surface area (Å²) in [4.78, 5) is 35.5. The van der Waals surface area contributed by atoms with Crippen molar-refractivity contribution in [2.75, 3.05) is 6.61 Å². The number of hydrogen-bond donors (Lipinski definition) is 6. The van der Waals surface area contributed by atoms with Crippen LogP contribution in [0, 0.1) is 0 Å². The highest BCUT2D eigenvalue weighted by molar-refractivity contribution is 7.66. The highest BCUT2D eigenvalue weighted by Crippen LogP contribution is 2.66. The molecule has 1 heterocycles. The lowest BCUT2D eigenvalue weighted by Crippen LogP contribution is -2.62. The van der Waals surface area contributed by atoms with E-state index in [0.29, 0.717) is 0 Å². The second kappa shape index (κ2) is 6.67. The first-order chi connectivity index (χ1) is 11.1. The molecule has 6 N–H and O–H groups in total. The lowest BCUT2D eigenvalue weighted by atomic mass is 9.71. The minimum absolute atomic E-state index is 0.900. The van der Waals surface area contributed by atoms with E-state index in [1.54, 1.807) is 0 Å². The number of phosphoric acid groups is 3. The summed E-state index contributed by atoms with van der Waals surface area (Å²) in [6.45, 7) is 5.74. The molecule has 0 aromatic heterocycles. The van der Waals surface area contributed by atoms with Gasteiger partial charge in [-0.15, -0.1) is 0 Å². The van der Waals surface area contributed by atoms with E-state index >= 15 is 0 Å². The molecule has 0 aliphatic carbocycles. The molecule has 156 valence electrons. The molecule has 26 heavy (non-hydrogen) atoms. The van der Waals surface area contributed by atoms with Crippen LogP contribution in [0.4, 0.5) is 0 Å². The Hall–Kier alpha value is 0.290. The summed E-state index contributed by atoms with van der Waals surface area (Å²) in [7, 11) is -16.6. The second-order valence-corrected chi connectivity index (χ2v) is 11.3. The second-order valence-electron chi connectivity index (χ2n) is 6.85. The number of rotatable bonds is 7. The standard InChI is InChI=1S/C10H23O13P3/c1-7(2)9(4,11)10(5,12)8(3,21-7)6-20-25(16,17)23-26(18,19)22-24(13,14)15/h11-12H,6H2,1-5H3,(H,16,17)(H,18,19)(H2,13,14,15)/t8-,9?,10+/m1/s1. The molecule has 0 spiro atoms. The number of aliphatic hydroxyl groups is 2. The molecule has 1 aliphatic rings. The first-order valence-corrected chi connectivity index (χ1v) is 11.5. The number of ether oxygens (including phenoxy) is 1. The van der Waals surface area contributed by atoms with Crippen molar-refractivity contribution in [2.45, 2.75) is 57.0 Å². The maximum absolute atomic E-state index is 11.8. The molecular weight excluding hydrogens is 421 g/mol. The van der Waals surface area contributed by atoms with Gasteiger partial charge in [0.25, 0.3) is 0 Å². The van der Waals surface area contributed by atoms with E-state index in [0.717, 1.165) is 0 Å². The zero-order chi connectivity index (χ0) is 21.0. The summed E-state index contributed by atoms with van der Waals surface area (Å²) in [6.07, 6.45) is 0. The lowest BCUT2D eigenvalue weighted by molar-refractivity contribution is -0.160. The van der Waals surface area contributed by atoms with Gasteiger partial charge in [-0.1, -0.05) is 0 Å². The quantitative estimate of drug-likeness (QED) is 0.294. The van der Waals surface area contributed by atoms with Gasteiger partial charge in [-0.3, -0.25) is 4.52 Å². The van der Waals surface area contributed by atoms with Crippen LogP contribution < -0.4 is 0 Å². The molecule has 16 heteroatoms. The average molecular weight is 444 g/mol. The summed E-state index contributed by atoms with van der Waals surface area (Å²) in [6, 6.07) is 0. The molecule has 5 atom stereocenters. The molecule has 3 unspecified atom stereocenters. The van der Waals surface area contributed by atoms with Gasteiger partial charge in [0.05, 0.1) is 12.2 Å².